The topological polar surface area (TPSA) is 50.6 Å². The number of rotatable bonds is 6. The molecule has 3 aromatic rings. The Kier molecular flexibility index (Phi) is 6.18. The Balaban J connectivity index is 1.45. The molecule has 0 unspecified atom stereocenters. The van der Waals surface area contributed by atoms with E-state index in [1.807, 2.05) is 23.2 Å². The van der Waals surface area contributed by atoms with Crippen LogP contribution in [0.5, 0.6) is 5.75 Å². The second-order valence-corrected chi connectivity index (χ2v) is 10.4. The first-order chi connectivity index (χ1) is 16.8. The Labute approximate surface area is 208 Å². The summed E-state index contributed by atoms with van der Waals surface area (Å²) < 4.78 is 7.71. The molecule has 6 nitrogen and oxygen atoms in total. The molecule has 2 aliphatic heterocycles. The van der Waals surface area contributed by atoms with Gasteiger partial charge in [0.1, 0.15) is 17.1 Å². The van der Waals surface area contributed by atoms with Gasteiger partial charge in [0.2, 0.25) is 0 Å². The molecule has 1 spiro atoms. The van der Waals surface area contributed by atoms with Crippen LogP contribution < -0.4 is 9.64 Å². The van der Waals surface area contributed by atoms with Crippen LogP contribution in [0.1, 0.15) is 63.2 Å². The summed E-state index contributed by atoms with van der Waals surface area (Å²) in [6.07, 6.45) is 4.61. The van der Waals surface area contributed by atoms with Crippen LogP contribution in [0, 0.1) is 6.92 Å². The van der Waals surface area contributed by atoms with Crippen molar-refractivity contribution >= 4 is 11.7 Å². The van der Waals surface area contributed by atoms with Gasteiger partial charge < -0.3 is 4.74 Å². The molecule has 2 aromatic carbocycles. The number of carbonyl (C=O) groups is 1. The van der Waals surface area contributed by atoms with Gasteiger partial charge in [0.05, 0.1) is 11.8 Å². The van der Waals surface area contributed by atoms with E-state index in [2.05, 4.69) is 75.9 Å². The van der Waals surface area contributed by atoms with Gasteiger partial charge in [-0.1, -0.05) is 31.2 Å². The van der Waals surface area contributed by atoms with Crippen LogP contribution in [0.4, 0.5) is 10.5 Å². The summed E-state index contributed by atoms with van der Waals surface area (Å²) in [5.74, 6) is 1.82. The lowest BCUT2D eigenvalue weighted by Crippen LogP contribution is -2.55. The van der Waals surface area contributed by atoms with E-state index < -0.39 is 5.54 Å². The van der Waals surface area contributed by atoms with E-state index in [0.717, 1.165) is 60.9 Å². The molecule has 0 bridgehead atoms. The van der Waals surface area contributed by atoms with Crippen LogP contribution in [0.25, 0.3) is 0 Å². The summed E-state index contributed by atoms with van der Waals surface area (Å²) >= 11 is 0. The molecule has 1 amide bonds. The monoisotopic (exact) mass is 472 g/mol. The fourth-order valence-electron chi connectivity index (χ4n) is 5.72. The number of hydrogen-bond donors (Lipinski definition) is 0. The lowest BCUT2D eigenvalue weighted by molar-refractivity contribution is 0.0966. The number of anilines is 1. The molecule has 3 heterocycles. The molecule has 1 aromatic heterocycles. The lowest BCUT2D eigenvalue weighted by atomic mass is 9.81. The molecular formula is C29H36N4O2. The van der Waals surface area contributed by atoms with Gasteiger partial charge in [-0.05, 0) is 82.3 Å². The third kappa shape index (κ3) is 4.25. The Bertz CT molecular complexity index is 1230. The number of amides is 1. The number of carbonyl (C=O) groups excluding carboxylic acids is 1. The Morgan fingerprint density at radius 2 is 1.97 bits per heavy atom. The van der Waals surface area contributed by atoms with Gasteiger partial charge in [0.15, 0.2) is 0 Å². The van der Waals surface area contributed by atoms with Gasteiger partial charge in [0, 0.05) is 31.0 Å². The first kappa shape index (κ1) is 23.6. The van der Waals surface area contributed by atoms with Crippen molar-refractivity contribution in [3.05, 3.63) is 77.4 Å². The Morgan fingerprint density at radius 1 is 1.17 bits per heavy atom. The molecule has 0 saturated carbocycles. The molecular weight excluding hydrogens is 436 g/mol. The molecule has 35 heavy (non-hydrogen) atoms. The number of nitrogens with zero attached hydrogens (tertiary/aromatic N) is 4. The number of aromatic nitrogens is 2. The van der Waals surface area contributed by atoms with Crippen LogP contribution in [-0.2, 0) is 18.5 Å². The fourth-order valence-corrected chi connectivity index (χ4v) is 5.72. The van der Waals surface area contributed by atoms with E-state index in [1.54, 1.807) is 4.57 Å². The van der Waals surface area contributed by atoms with Crippen molar-refractivity contribution < 1.29 is 9.53 Å². The summed E-state index contributed by atoms with van der Waals surface area (Å²) in [6.45, 7) is 12.3. The minimum atomic E-state index is -0.434. The molecule has 2 aliphatic rings. The molecule has 2 atom stereocenters. The molecule has 0 aliphatic carbocycles. The average Bonchev–Trinajstić information content (AvgIpc) is 3.34. The third-order valence-corrected chi connectivity index (χ3v) is 7.34. The highest BCUT2D eigenvalue weighted by atomic mass is 16.5. The third-order valence-electron chi connectivity index (χ3n) is 7.34. The predicted octanol–water partition coefficient (Wildman–Crippen LogP) is 5.91. The maximum Gasteiger partial charge on any atom is 0.335 e. The van der Waals surface area contributed by atoms with Crippen molar-refractivity contribution in [1.82, 2.24) is 14.5 Å². The highest BCUT2D eigenvalue weighted by molar-refractivity contribution is 5.99. The number of hydrogen-bond acceptors (Lipinski definition) is 4. The van der Waals surface area contributed by atoms with Gasteiger partial charge in [0.25, 0.3) is 0 Å². The second kappa shape index (κ2) is 9.15. The number of likely N-dealkylation sites (tertiary alicyclic amines) is 1. The number of piperidine rings is 1. The van der Waals surface area contributed by atoms with Crippen molar-refractivity contribution in [3.8, 4) is 5.75 Å². The molecule has 1 fully saturated rings. The van der Waals surface area contributed by atoms with Crippen molar-refractivity contribution in [1.29, 1.82) is 0 Å². The summed E-state index contributed by atoms with van der Waals surface area (Å²) in [7, 11) is 0. The van der Waals surface area contributed by atoms with Crippen molar-refractivity contribution in [2.45, 2.75) is 78.1 Å². The van der Waals surface area contributed by atoms with E-state index >= 15 is 0 Å². The smallest absolute Gasteiger partial charge is 0.335 e. The fraction of sp³-hybridized carbons (Fsp3) is 0.448. The zero-order chi connectivity index (χ0) is 24.7. The number of aryl methyl sites for hydroxylation is 2. The predicted molar refractivity (Wildman–Crippen MR) is 139 cm³/mol. The van der Waals surface area contributed by atoms with E-state index in [0.29, 0.717) is 0 Å². The Hall–Kier alpha value is -3.12. The average molecular weight is 473 g/mol. The maximum atomic E-state index is 13.7. The first-order valence-corrected chi connectivity index (χ1v) is 12.8. The largest absolute Gasteiger partial charge is 0.491 e. The highest BCUT2D eigenvalue weighted by Gasteiger charge is 2.55. The standard InChI is InChI=1S/C29H36N4O2/c1-6-24-19-32-27(30-24)29(33(28(32)34)25-11-7-9-21(4)15-25)13-14-31(22(5)17-29)18-23-10-8-12-26(16-23)35-20(2)3/h7-12,15-16,19-20,22H,6,13-14,17-18H2,1-5H3/t22-,29+/m0/s1. The van der Waals surface area contributed by atoms with Crippen LogP contribution >= 0.6 is 0 Å². The minimum absolute atomic E-state index is 0.0111. The van der Waals surface area contributed by atoms with Gasteiger partial charge in [-0.2, -0.15) is 0 Å². The van der Waals surface area contributed by atoms with E-state index in [-0.39, 0.29) is 18.2 Å². The van der Waals surface area contributed by atoms with Crippen LogP contribution in [0.2, 0.25) is 0 Å². The number of fused-ring (bicyclic) bond motifs is 2. The quantitative estimate of drug-likeness (QED) is 0.448. The molecule has 1 saturated heterocycles. The van der Waals surface area contributed by atoms with Gasteiger partial charge in [-0.25, -0.2) is 9.78 Å². The normalized spacial score (nSPS) is 22.3. The van der Waals surface area contributed by atoms with Gasteiger partial charge in [-0.15, -0.1) is 0 Å². The molecule has 0 radical (unpaired) electrons. The van der Waals surface area contributed by atoms with E-state index in [9.17, 15) is 4.79 Å². The SMILES string of the molecule is CCc1cn2c(n1)[C@]1(CCN(Cc3cccc(OC(C)C)c3)[C@@H](C)C1)N(c1cccc(C)c1)C2=O. The number of benzene rings is 2. The highest BCUT2D eigenvalue weighted by Crippen LogP contribution is 2.47. The minimum Gasteiger partial charge on any atom is -0.491 e. The van der Waals surface area contributed by atoms with Crippen molar-refractivity contribution in [2.75, 3.05) is 11.4 Å². The molecule has 6 heteroatoms. The molecule has 0 N–H and O–H groups in total. The van der Waals surface area contributed by atoms with E-state index in [4.69, 9.17) is 9.72 Å². The summed E-state index contributed by atoms with van der Waals surface area (Å²) in [5, 5.41) is 0. The maximum absolute atomic E-state index is 13.7. The van der Waals surface area contributed by atoms with Crippen molar-refractivity contribution in [3.63, 3.8) is 0 Å². The zero-order valence-electron chi connectivity index (χ0n) is 21.5. The van der Waals surface area contributed by atoms with Gasteiger partial charge >= 0.3 is 6.03 Å². The van der Waals surface area contributed by atoms with E-state index in [1.165, 1.54) is 5.56 Å². The molecule has 184 valence electrons. The summed E-state index contributed by atoms with van der Waals surface area (Å²) in [6, 6.07) is 17.0. The number of ether oxygens (including phenoxy) is 1. The Morgan fingerprint density at radius 3 is 2.69 bits per heavy atom. The number of imidazole rings is 1. The molecule has 5 rings (SSSR count). The zero-order valence-corrected chi connectivity index (χ0v) is 21.5. The summed E-state index contributed by atoms with van der Waals surface area (Å²) in [4.78, 5) is 23.3. The lowest BCUT2D eigenvalue weighted by Gasteiger charge is -2.47. The van der Waals surface area contributed by atoms with Crippen LogP contribution in [0.15, 0.2) is 54.7 Å². The summed E-state index contributed by atoms with van der Waals surface area (Å²) in [5.41, 5.74) is 3.90. The first-order valence-electron chi connectivity index (χ1n) is 12.8. The van der Waals surface area contributed by atoms with Gasteiger partial charge in [-0.3, -0.25) is 14.4 Å². The van der Waals surface area contributed by atoms with Crippen LogP contribution in [0.3, 0.4) is 0 Å². The van der Waals surface area contributed by atoms with Crippen molar-refractivity contribution in [2.24, 2.45) is 0 Å². The second-order valence-electron chi connectivity index (χ2n) is 10.4. The van der Waals surface area contributed by atoms with Crippen LogP contribution in [-0.4, -0.2) is 39.2 Å².